The number of carbonyl (C=O) groups excluding carboxylic acids is 5. The quantitative estimate of drug-likeness (QED) is 0.0630. The van der Waals surface area contributed by atoms with E-state index in [0.717, 1.165) is 15.4 Å². The maximum atomic E-state index is 13.7. The molecule has 6 rings (SSSR count). The molecule has 0 aromatic heterocycles. The zero-order valence-electron chi connectivity index (χ0n) is 32.9. The molecule has 0 bridgehead atoms. The molecule has 18 heteroatoms. The second kappa shape index (κ2) is 21.1. The van der Waals surface area contributed by atoms with Crippen molar-refractivity contribution in [2.45, 2.75) is 68.1 Å². The average molecular weight is 880 g/mol. The summed E-state index contributed by atoms with van der Waals surface area (Å²) in [4.78, 5) is 67.7. The Balaban J connectivity index is 0.00000397. The molecule has 0 saturated carbocycles. The van der Waals surface area contributed by atoms with Gasteiger partial charge in [-0.15, -0.1) is 0 Å². The number of halogens is 2. The van der Waals surface area contributed by atoms with Gasteiger partial charge in [0.1, 0.15) is 12.1 Å². The third-order valence-electron chi connectivity index (χ3n) is 10.2. The minimum atomic E-state index is -4.17. The summed E-state index contributed by atoms with van der Waals surface area (Å²) in [6, 6.07) is 25.2. The molecule has 4 aromatic carbocycles. The molecule has 2 aliphatic heterocycles. The van der Waals surface area contributed by atoms with E-state index in [1.54, 1.807) is 35.2 Å². The number of nitrogens with one attached hydrogen (secondary N) is 4. The van der Waals surface area contributed by atoms with Gasteiger partial charge in [-0.2, -0.15) is 0 Å². The number of nitrogens with zero attached hydrogens (tertiary/aromatic N) is 2. The van der Waals surface area contributed by atoms with Crippen LogP contribution in [0, 0.1) is 0 Å². The van der Waals surface area contributed by atoms with Gasteiger partial charge >= 0.3 is 6.03 Å². The summed E-state index contributed by atoms with van der Waals surface area (Å²) in [6.07, 6.45) is 2.08. The summed E-state index contributed by atoms with van der Waals surface area (Å²) in [5.74, 6) is -1.85. The lowest BCUT2D eigenvalue weighted by Crippen LogP contribution is -3.00. The summed E-state index contributed by atoms with van der Waals surface area (Å²) in [6.45, 7) is 2.20. The summed E-state index contributed by atoms with van der Waals surface area (Å²) >= 11 is 0. The fourth-order valence-electron chi connectivity index (χ4n) is 6.95. The van der Waals surface area contributed by atoms with Crippen molar-refractivity contribution in [2.24, 2.45) is 11.5 Å². The lowest BCUT2D eigenvalue weighted by atomic mass is 10.0. The van der Waals surface area contributed by atoms with E-state index in [1.807, 2.05) is 60.7 Å². The van der Waals surface area contributed by atoms with Gasteiger partial charge < -0.3 is 62.4 Å². The monoisotopic (exact) mass is 878 g/mol. The molecular weight excluding hydrogens is 831 g/mol. The Bertz CT molecular complexity index is 2250. The Hall–Kier alpha value is -5.52. The standard InChI is InChI=1S/C42H48N8O7S.2ClH/c1-27(44)38(51)47-35(24-28-10-4-2-5-11-28)40(53)46-34(14-8-9-22-43)39(52)45-32-17-15-30(16-18-32)41(54)49-23-21-31-25-33(19-20-37(31)49)58(56,57)50-26-36(48-42(50)55)29-12-6-3-7-13-29;;/h2-7,10-13,15-20,25,27,34-36H,8-9,14,21-24,26,43-44H2,1H3,(H,45,52)(H,46,53)(H,47,51)(H,48,55);2*1H/p-2/t27?,34-,35?,36-;;/m1../s1. The third kappa shape index (κ3) is 11.2. The van der Waals surface area contributed by atoms with Crippen molar-refractivity contribution < 1.29 is 57.2 Å². The number of nitrogens with two attached hydrogens (primary N) is 2. The van der Waals surface area contributed by atoms with Gasteiger partial charge in [-0.25, -0.2) is 17.5 Å². The number of sulfonamides is 1. The number of anilines is 2. The number of urea groups is 1. The molecule has 0 aliphatic carbocycles. The highest BCUT2D eigenvalue weighted by Gasteiger charge is 2.39. The molecule has 1 fully saturated rings. The fourth-order valence-corrected chi connectivity index (χ4v) is 8.35. The van der Waals surface area contributed by atoms with Gasteiger partial charge in [0, 0.05) is 29.9 Å². The lowest BCUT2D eigenvalue weighted by Gasteiger charge is -2.24. The lowest BCUT2D eigenvalue weighted by molar-refractivity contribution is -0.131. The van der Waals surface area contributed by atoms with Gasteiger partial charge in [0.15, 0.2) is 0 Å². The van der Waals surface area contributed by atoms with Crippen LogP contribution < -0.4 is 62.4 Å². The summed E-state index contributed by atoms with van der Waals surface area (Å²) in [7, 11) is -4.17. The van der Waals surface area contributed by atoms with Crippen LogP contribution in [0.2, 0.25) is 0 Å². The highest BCUT2D eigenvalue weighted by atomic mass is 35.5. The molecule has 2 aliphatic rings. The SMILES string of the molecule is CC(N)C(=O)NC(Cc1ccccc1)C(=O)N[C@H](CCCCN)C(=O)Nc1ccc(C(=O)N2CCc3cc(S(=O)(=O)N4C[C@H](c5ccccc5)NC4=O)ccc32)cc1.[Cl-].[Cl-]. The van der Waals surface area contributed by atoms with Gasteiger partial charge in [0.25, 0.3) is 15.9 Å². The maximum Gasteiger partial charge on any atom is 0.331 e. The van der Waals surface area contributed by atoms with Crippen LogP contribution in [-0.2, 0) is 37.2 Å². The van der Waals surface area contributed by atoms with Crippen LogP contribution in [0.5, 0.6) is 0 Å². The fraction of sp³-hybridized carbons (Fsp3) is 0.310. The number of unbranched alkanes of at least 4 members (excludes halogenated alkanes) is 1. The molecular formula is C42H48Cl2N8O7S-2. The van der Waals surface area contributed by atoms with Gasteiger partial charge in [-0.1, -0.05) is 60.7 Å². The molecule has 15 nitrogen and oxygen atoms in total. The molecule has 1 saturated heterocycles. The van der Waals surface area contributed by atoms with Crippen LogP contribution in [0.3, 0.4) is 0 Å². The van der Waals surface area contributed by atoms with Crippen LogP contribution in [0.25, 0.3) is 0 Å². The van der Waals surface area contributed by atoms with Crippen molar-refractivity contribution in [3.8, 4) is 0 Å². The first kappa shape index (κ1) is 47.2. The van der Waals surface area contributed by atoms with Crippen LogP contribution in [0.4, 0.5) is 16.2 Å². The number of benzene rings is 4. The molecule has 320 valence electrons. The Labute approximate surface area is 361 Å². The highest BCUT2D eigenvalue weighted by molar-refractivity contribution is 7.89. The van der Waals surface area contributed by atoms with Gasteiger partial charge in [-0.05, 0) is 98.3 Å². The first-order chi connectivity index (χ1) is 27.8. The molecule has 4 atom stereocenters. The number of hydrogen-bond acceptors (Lipinski definition) is 9. The van der Waals surface area contributed by atoms with E-state index in [2.05, 4.69) is 21.3 Å². The predicted octanol–water partition coefficient (Wildman–Crippen LogP) is -3.02. The molecule has 0 spiro atoms. The zero-order valence-corrected chi connectivity index (χ0v) is 35.2. The molecule has 6 amide bonds. The smallest absolute Gasteiger partial charge is 0.331 e. The van der Waals surface area contributed by atoms with E-state index in [0.29, 0.717) is 61.3 Å². The van der Waals surface area contributed by atoms with Crippen LogP contribution in [0.15, 0.2) is 108 Å². The van der Waals surface area contributed by atoms with Gasteiger partial charge in [0.2, 0.25) is 17.7 Å². The Morgan fingerprint density at radius 2 is 1.48 bits per heavy atom. The Kier molecular flexibility index (Phi) is 16.6. The number of hydrogen-bond donors (Lipinski definition) is 6. The van der Waals surface area contributed by atoms with E-state index in [4.69, 9.17) is 11.5 Å². The Morgan fingerprint density at radius 3 is 2.13 bits per heavy atom. The largest absolute Gasteiger partial charge is 1.00 e. The van der Waals surface area contributed by atoms with E-state index in [-0.39, 0.29) is 48.6 Å². The van der Waals surface area contributed by atoms with Crippen LogP contribution in [0.1, 0.15) is 59.3 Å². The number of carbonyl (C=O) groups is 5. The molecule has 60 heavy (non-hydrogen) atoms. The maximum absolute atomic E-state index is 13.7. The van der Waals surface area contributed by atoms with Crippen molar-refractivity contribution in [1.82, 2.24) is 20.3 Å². The minimum absolute atomic E-state index is 0. The molecule has 0 radical (unpaired) electrons. The van der Waals surface area contributed by atoms with Crippen molar-refractivity contribution in [3.05, 3.63) is 125 Å². The van der Waals surface area contributed by atoms with E-state index < -0.39 is 57.9 Å². The van der Waals surface area contributed by atoms with Crippen molar-refractivity contribution in [1.29, 1.82) is 0 Å². The minimum Gasteiger partial charge on any atom is -1.00 e. The summed E-state index contributed by atoms with van der Waals surface area (Å²) in [5, 5.41) is 11.1. The molecule has 2 heterocycles. The predicted molar refractivity (Wildman–Crippen MR) is 219 cm³/mol. The summed E-state index contributed by atoms with van der Waals surface area (Å²) in [5.41, 5.74) is 15.0. The number of rotatable bonds is 16. The van der Waals surface area contributed by atoms with E-state index in [1.165, 1.54) is 19.1 Å². The molecule has 4 aromatic rings. The van der Waals surface area contributed by atoms with E-state index >= 15 is 0 Å². The third-order valence-corrected chi connectivity index (χ3v) is 11.9. The van der Waals surface area contributed by atoms with Crippen LogP contribution in [-0.4, -0.2) is 80.1 Å². The van der Waals surface area contributed by atoms with Gasteiger partial charge in [-0.3, -0.25) is 19.2 Å². The average Bonchev–Trinajstić information content (AvgIpc) is 3.84. The van der Waals surface area contributed by atoms with Crippen molar-refractivity contribution >= 4 is 51.1 Å². The van der Waals surface area contributed by atoms with Crippen molar-refractivity contribution in [2.75, 3.05) is 29.9 Å². The first-order valence-electron chi connectivity index (χ1n) is 19.2. The highest BCUT2D eigenvalue weighted by Crippen LogP contribution is 2.34. The second-order valence-electron chi connectivity index (χ2n) is 14.4. The van der Waals surface area contributed by atoms with E-state index in [9.17, 15) is 32.4 Å². The molecule has 8 N–H and O–H groups in total. The number of amides is 6. The van der Waals surface area contributed by atoms with Crippen molar-refractivity contribution in [3.63, 3.8) is 0 Å². The van der Waals surface area contributed by atoms with Gasteiger partial charge in [0.05, 0.1) is 23.5 Å². The zero-order chi connectivity index (χ0) is 41.4. The second-order valence-corrected chi connectivity index (χ2v) is 16.3. The number of fused-ring (bicyclic) bond motifs is 1. The normalized spacial score (nSPS) is 15.9. The first-order valence-corrected chi connectivity index (χ1v) is 20.6. The molecule has 2 unspecified atom stereocenters. The summed E-state index contributed by atoms with van der Waals surface area (Å²) < 4.78 is 28.0. The topological polar surface area (TPSA) is 226 Å². The Morgan fingerprint density at radius 1 is 0.833 bits per heavy atom. The van der Waals surface area contributed by atoms with Crippen LogP contribution >= 0.6 is 0 Å².